The topological polar surface area (TPSA) is 17.1 Å². The van der Waals surface area contributed by atoms with E-state index in [1.807, 2.05) is 13.0 Å². The SMILES string of the molecule is C=CC(C)CC(=O)C1=CC(C)(C)C=CC1. The zero-order chi connectivity index (χ0) is 11.5. The first kappa shape index (κ1) is 12.0. The maximum absolute atomic E-state index is 11.9. The third-order valence-electron chi connectivity index (χ3n) is 2.70. The molecule has 1 rings (SSSR count). The van der Waals surface area contributed by atoms with Crippen molar-refractivity contribution < 1.29 is 4.79 Å². The van der Waals surface area contributed by atoms with Gasteiger partial charge in [0.2, 0.25) is 0 Å². The summed E-state index contributed by atoms with van der Waals surface area (Å²) >= 11 is 0. The number of allylic oxidation sites excluding steroid dienone is 5. The van der Waals surface area contributed by atoms with Crippen molar-refractivity contribution in [2.75, 3.05) is 0 Å². The van der Waals surface area contributed by atoms with Gasteiger partial charge in [0.1, 0.15) is 0 Å². The Hall–Kier alpha value is -1.11. The standard InChI is InChI=1S/C14H20O/c1-5-11(2)9-13(15)12-7-6-8-14(3,4)10-12/h5-6,8,10-11H,1,7,9H2,2-4H3. The van der Waals surface area contributed by atoms with Crippen molar-refractivity contribution >= 4 is 5.78 Å². The molecule has 1 nitrogen and oxygen atoms in total. The smallest absolute Gasteiger partial charge is 0.159 e. The summed E-state index contributed by atoms with van der Waals surface area (Å²) in [7, 11) is 0. The number of ketones is 1. The van der Waals surface area contributed by atoms with E-state index in [-0.39, 0.29) is 17.1 Å². The van der Waals surface area contributed by atoms with Crippen molar-refractivity contribution in [2.24, 2.45) is 11.3 Å². The Morgan fingerprint density at radius 1 is 1.67 bits per heavy atom. The molecule has 0 saturated carbocycles. The van der Waals surface area contributed by atoms with Gasteiger partial charge in [-0.05, 0) is 17.9 Å². The zero-order valence-electron chi connectivity index (χ0n) is 9.92. The molecule has 15 heavy (non-hydrogen) atoms. The normalized spacial score (nSPS) is 20.6. The molecule has 82 valence electrons. The van der Waals surface area contributed by atoms with E-state index in [1.54, 1.807) is 0 Å². The van der Waals surface area contributed by atoms with Crippen LogP contribution in [0.5, 0.6) is 0 Å². The van der Waals surface area contributed by atoms with Crippen molar-refractivity contribution in [3.63, 3.8) is 0 Å². The van der Waals surface area contributed by atoms with Crippen LogP contribution in [0.25, 0.3) is 0 Å². The fourth-order valence-electron chi connectivity index (χ4n) is 1.75. The number of carbonyl (C=O) groups is 1. The van der Waals surface area contributed by atoms with E-state index < -0.39 is 0 Å². The first-order chi connectivity index (χ1) is 6.94. The second-order valence-corrected chi connectivity index (χ2v) is 4.94. The number of carbonyl (C=O) groups excluding carboxylic acids is 1. The molecule has 0 fully saturated rings. The lowest BCUT2D eigenvalue weighted by molar-refractivity contribution is -0.116. The van der Waals surface area contributed by atoms with Gasteiger partial charge >= 0.3 is 0 Å². The van der Waals surface area contributed by atoms with Crippen LogP contribution in [0.3, 0.4) is 0 Å². The summed E-state index contributed by atoms with van der Waals surface area (Å²) in [5, 5.41) is 0. The molecule has 0 aromatic carbocycles. The Kier molecular flexibility index (Phi) is 3.67. The van der Waals surface area contributed by atoms with Crippen LogP contribution in [0.1, 0.15) is 33.6 Å². The monoisotopic (exact) mass is 204 g/mol. The minimum atomic E-state index is 0.0284. The van der Waals surface area contributed by atoms with E-state index in [0.29, 0.717) is 6.42 Å². The molecule has 0 N–H and O–H groups in total. The third-order valence-corrected chi connectivity index (χ3v) is 2.70. The van der Waals surface area contributed by atoms with E-state index in [4.69, 9.17) is 0 Å². The van der Waals surface area contributed by atoms with Crippen molar-refractivity contribution in [1.82, 2.24) is 0 Å². The lowest BCUT2D eigenvalue weighted by Crippen LogP contribution is -2.14. The molecular weight excluding hydrogens is 184 g/mol. The molecule has 0 heterocycles. The van der Waals surface area contributed by atoms with Gasteiger partial charge in [-0.3, -0.25) is 4.79 Å². The van der Waals surface area contributed by atoms with Gasteiger partial charge in [-0.1, -0.05) is 45.1 Å². The maximum atomic E-state index is 11.9. The van der Waals surface area contributed by atoms with Gasteiger partial charge in [-0.25, -0.2) is 0 Å². The fraction of sp³-hybridized carbons (Fsp3) is 0.500. The van der Waals surface area contributed by atoms with Crippen LogP contribution in [0.2, 0.25) is 0 Å². The predicted octanol–water partition coefficient (Wildman–Crippen LogP) is 3.68. The molecule has 1 heteroatoms. The first-order valence-electron chi connectivity index (χ1n) is 5.50. The molecule has 0 saturated heterocycles. The fourth-order valence-corrected chi connectivity index (χ4v) is 1.75. The third kappa shape index (κ3) is 3.50. The molecular formula is C14H20O. The molecule has 0 bridgehead atoms. The summed E-state index contributed by atoms with van der Waals surface area (Å²) in [6.45, 7) is 9.96. The lowest BCUT2D eigenvalue weighted by Gasteiger charge is -2.21. The molecule has 0 spiro atoms. The largest absolute Gasteiger partial charge is 0.295 e. The van der Waals surface area contributed by atoms with E-state index in [9.17, 15) is 4.79 Å². The maximum Gasteiger partial charge on any atom is 0.159 e. The number of hydrogen-bond acceptors (Lipinski definition) is 1. The van der Waals surface area contributed by atoms with Crippen LogP contribution in [-0.4, -0.2) is 5.78 Å². The molecule has 1 unspecified atom stereocenters. The highest BCUT2D eigenvalue weighted by atomic mass is 16.1. The number of hydrogen-bond donors (Lipinski definition) is 0. The van der Waals surface area contributed by atoms with Crippen LogP contribution in [-0.2, 0) is 4.79 Å². The van der Waals surface area contributed by atoms with Crippen LogP contribution in [0, 0.1) is 11.3 Å². The number of Topliss-reactive ketones (excluding diaryl/α,β-unsaturated/α-hetero) is 1. The minimum absolute atomic E-state index is 0.0284. The summed E-state index contributed by atoms with van der Waals surface area (Å²) < 4.78 is 0. The van der Waals surface area contributed by atoms with Gasteiger partial charge in [0.15, 0.2) is 5.78 Å². The molecule has 0 aliphatic heterocycles. The summed E-state index contributed by atoms with van der Waals surface area (Å²) in [5.41, 5.74) is 0.983. The van der Waals surface area contributed by atoms with Gasteiger partial charge in [0.25, 0.3) is 0 Å². The van der Waals surface area contributed by atoms with Gasteiger partial charge in [0.05, 0.1) is 0 Å². The summed E-state index contributed by atoms with van der Waals surface area (Å²) in [4.78, 5) is 11.9. The van der Waals surface area contributed by atoms with E-state index in [0.717, 1.165) is 12.0 Å². The zero-order valence-corrected chi connectivity index (χ0v) is 9.92. The Balaban J connectivity index is 2.69. The highest BCUT2D eigenvalue weighted by Crippen LogP contribution is 2.28. The molecule has 0 aromatic heterocycles. The van der Waals surface area contributed by atoms with Crippen LogP contribution >= 0.6 is 0 Å². The predicted molar refractivity (Wildman–Crippen MR) is 64.6 cm³/mol. The molecule has 0 amide bonds. The molecule has 1 atom stereocenters. The van der Waals surface area contributed by atoms with Crippen molar-refractivity contribution in [3.05, 3.63) is 36.5 Å². The van der Waals surface area contributed by atoms with Crippen molar-refractivity contribution in [1.29, 1.82) is 0 Å². The van der Waals surface area contributed by atoms with Crippen LogP contribution < -0.4 is 0 Å². The minimum Gasteiger partial charge on any atom is -0.295 e. The highest BCUT2D eigenvalue weighted by molar-refractivity contribution is 5.96. The van der Waals surface area contributed by atoms with E-state index >= 15 is 0 Å². The van der Waals surface area contributed by atoms with Crippen molar-refractivity contribution in [3.8, 4) is 0 Å². The molecule has 1 aliphatic carbocycles. The quantitative estimate of drug-likeness (QED) is 0.638. The van der Waals surface area contributed by atoms with Gasteiger partial charge < -0.3 is 0 Å². The molecule has 1 aliphatic rings. The average Bonchev–Trinajstić information content (AvgIpc) is 2.16. The Labute approximate surface area is 92.6 Å². The highest BCUT2D eigenvalue weighted by Gasteiger charge is 2.19. The van der Waals surface area contributed by atoms with Crippen LogP contribution in [0.4, 0.5) is 0 Å². The Bertz CT molecular complexity index is 318. The molecule has 0 aromatic rings. The molecule has 0 radical (unpaired) electrons. The summed E-state index contributed by atoms with van der Waals surface area (Å²) in [6, 6.07) is 0. The second kappa shape index (κ2) is 4.61. The Morgan fingerprint density at radius 2 is 2.33 bits per heavy atom. The van der Waals surface area contributed by atoms with E-state index in [2.05, 4.69) is 38.7 Å². The summed E-state index contributed by atoms with van der Waals surface area (Å²) in [5.74, 6) is 0.534. The van der Waals surface area contributed by atoms with E-state index in [1.165, 1.54) is 0 Å². The first-order valence-corrected chi connectivity index (χ1v) is 5.50. The second-order valence-electron chi connectivity index (χ2n) is 4.94. The number of rotatable bonds is 4. The van der Waals surface area contributed by atoms with Gasteiger partial charge in [0, 0.05) is 11.8 Å². The average molecular weight is 204 g/mol. The van der Waals surface area contributed by atoms with Gasteiger partial charge in [-0.15, -0.1) is 6.58 Å². The van der Waals surface area contributed by atoms with Crippen LogP contribution in [0.15, 0.2) is 36.5 Å². The lowest BCUT2D eigenvalue weighted by atomic mass is 9.83. The van der Waals surface area contributed by atoms with Gasteiger partial charge in [-0.2, -0.15) is 0 Å². The van der Waals surface area contributed by atoms with Crippen molar-refractivity contribution in [2.45, 2.75) is 33.6 Å². The Morgan fingerprint density at radius 3 is 2.87 bits per heavy atom. The summed E-state index contributed by atoms with van der Waals surface area (Å²) in [6.07, 6.45) is 9.53.